The van der Waals surface area contributed by atoms with Crippen LogP contribution in [-0.2, 0) is 0 Å². The molecule has 0 aliphatic heterocycles. The van der Waals surface area contributed by atoms with Gasteiger partial charge in [-0.2, -0.15) is 0 Å². The quantitative estimate of drug-likeness (QED) is 0.605. The molecule has 0 radical (unpaired) electrons. The molecule has 0 unspecified atom stereocenters. The zero-order valence-electron chi connectivity index (χ0n) is 8.73. The van der Waals surface area contributed by atoms with E-state index in [4.69, 9.17) is 0 Å². The first-order valence-electron chi connectivity index (χ1n) is 4.16. The van der Waals surface area contributed by atoms with Crippen LogP contribution in [0.1, 0.15) is 27.7 Å². The monoisotopic (exact) mass is 155 g/mol. The van der Waals surface area contributed by atoms with Crippen molar-refractivity contribution in [2.45, 2.75) is 27.7 Å². The third-order valence-electron chi connectivity index (χ3n) is 2.73. The third kappa shape index (κ3) is 2.25. The van der Waals surface area contributed by atoms with Crippen molar-refractivity contribution in [2.75, 3.05) is 14.1 Å². The van der Waals surface area contributed by atoms with Gasteiger partial charge in [0.2, 0.25) is 0 Å². The van der Waals surface area contributed by atoms with Crippen molar-refractivity contribution in [3.05, 3.63) is 12.3 Å². The molecule has 0 aromatic heterocycles. The molecule has 1 nitrogen and oxygen atoms in total. The van der Waals surface area contributed by atoms with Gasteiger partial charge in [0.15, 0.2) is 0 Å². The van der Waals surface area contributed by atoms with Crippen LogP contribution >= 0.6 is 0 Å². The van der Waals surface area contributed by atoms with Crippen LogP contribution < -0.4 is 0 Å². The molecule has 0 fully saturated rings. The van der Waals surface area contributed by atoms with Crippen molar-refractivity contribution in [3.8, 4) is 0 Å². The molecule has 0 amide bonds. The minimum atomic E-state index is 0.212. The first-order chi connectivity index (χ1) is 4.80. The highest BCUT2D eigenvalue weighted by molar-refractivity contribution is 5.05. The molecule has 1 heteroatoms. The fourth-order valence-electron chi connectivity index (χ4n) is 0.910. The number of allylic oxidation sites excluding steroid dienone is 1. The lowest BCUT2D eigenvalue weighted by molar-refractivity contribution is 0.245. The minimum absolute atomic E-state index is 0.212. The van der Waals surface area contributed by atoms with Gasteiger partial charge in [-0.25, -0.2) is 0 Å². The second-order valence-corrected chi connectivity index (χ2v) is 4.22. The van der Waals surface area contributed by atoms with E-state index < -0.39 is 0 Å². The summed E-state index contributed by atoms with van der Waals surface area (Å²) in [5, 5.41) is 0. The van der Waals surface area contributed by atoms with Gasteiger partial charge >= 0.3 is 0 Å². The molecule has 0 aliphatic rings. The highest BCUT2D eigenvalue weighted by Crippen LogP contribution is 2.34. The van der Waals surface area contributed by atoms with Crippen molar-refractivity contribution < 1.29 is 0 Å². The SMILES string of the molecule is C=C(N(C)C)C(C)(C)C(C)C. The molecule has 0 rings (SSSR count). The van der Waals surface area contributed by atoms with E-state index >= 15 is 0 Å². The third-order valence-corrected chi connectivity index (χ3v) is 2.73. The first-order valence-corrected chi connectivity index (χ1v) is 4.16. The van der Waals surface area contributed by atoms with Crippen LogP contribution in [0.25, 0.3) is 0 Å². The lowest BCUT2D eigenvalue weighted by Gasteiger charge is -2.35. The average molecular weight is 155 g/mol. The summed E-state index contributed by atoms with van der Waals surface area (Å²) in [6.45, 7) is 13.0. The predicted molar refractivity (Wildman–Crippen MR) is 51.4 cm³/mol. The topological polar surface area (TPSA) is 3.24 Å². The van der Waals surface area contributed by atoms with Crippen molar-refractivity contribution in [2.24, 2.45) is 11.3 Å². The van der Waals surface area contributed by atoms with Crippen LogP contribution in [0.3, 0.4) is 0 Å². The van der Waals surface area contributed by atoms with Gasteiger partial charge in [0.25, 0.3) is 0 Å². The molecule has 0 bridgehead atoms. The molecule has 0 atom stereocenters. The molecule has 0 saturated heterocycles. The van der Waals surface area contributed by atoms with E-state index in [0.717, 1.165) is 0 Å². The van der Waals surface area contributed by atoms with Crippen LogP contribution in [-0.4, -0.2) is 19.0 Å². The van der Waals surface area contributed by atoms with E-state index in [1.54, 1.807) is 0 Å². The maximum absolute atomic E-state index is 4.07. The van der Waals surface area contributed by atoms with Gasteiger partial charge in [-0.3, -0.25) is 0 Å². The molecule has 0 heterocycles. The molecule has 0 N–H and O–H groups in total. The van der Waals surface area contributed by atoms with Crippen LogP contribution in [0, 0.1) is 11.3 Å². The molecular formula is C10H21N. The Kier molecular flexibility index (Phi) is 3.15. The van der Waals surface area contributed by atoms with Gasteiger partial charge in [-0.05, 0) is 5.92 Å². The Balaban J connectivity index is 4.43. The van der Waals surface area contributed by atoms with Crippen molar-refractivity contribution in [1.29, 1.82) is 0 Å². The summed E-state index contributed by atoms with van der Waals surface area (Å²) >= 11 is 0. The molecule has 0 aliphatic carbocycles. The second-order valence-electron chi connectivity index (χ2n) is 4.22. The summed E-state index contributed by atoms with van der Waals surface area (Å²) in [7, 11) is 4.10. The van der Waals surface area contributed by atoms with Crippen molar-refractivity contribution in [1.82, 2.24) is 4.90 Å². The molecule has 0 saturated carbocycles. The van der Waals surface area contributed by atoms with Crippen LogP contribution in [0.5, 0.6) is 0 Å². The van der Waals surface area contributed by atoms with Gasteiger partial charge in [-0.15, -0.1) is 0 Å². The fraction of sp³-hybridized carbons (Fsp3) is 0.800. The van der Waals surface area contributed by atoms with Crippen LogP contribution in [0.15, 0.2) is 12.3 Å². The predicted octanol–water partition coefficient (Wildman–Crippen LogP) is 2.74. The maximum Gasteiger partial charge on any atom is 0.0114 e. The fourth-order valence-corrected chi connectivity index (χ4v) is 0.910. The Labute approximate surface area is 71.1 Å². The van der Waals surface area contributed by atoms with Crippen molar-refractivity contribution >= 4 is 0 Å². The molecule has 0 aromatic carbocycles. The minimum Gasteiger partial charge on any atom is -0.381 e. The summed E-state index contributed by atoms with van der Waals surface area (Å²) in [6.07, 6.45) is 0. The highest BCUT2D eigenvalue weighted by atomic mass is 15.1. The van der Waals surface area contributed by atoms with E-state index in [9.17, 15) is 0 Å². The number of hydrogen-bond acceptors (Lipinski definition) is 1. The first kappa shape index (κ1) is 10.5. The summed E-state index contributed by atoms with van der Waals surface area (Å²) in [6, 6.07) is 0. The lowest BCUT2D eigenvalue weighted by atomic mass is 9.78. The lowest BCUT2D eigenvalue weighted by Crippen LogP contribution is -2.29. The Hall–Kier alpha value is -0.460. The summed E-state index contributed by atoms with van der Waals surface area (Å²) < 4.78 is 0. The van der Waals surface area contributed by atoms with Gasteiger partial charge in [0, 0.05) is 25.2 Å². The zero-order chi connectivity index (χ0) is 9.23. The van der Waals surface area contributed by atoms with Gasteiger partial charge in [0.05, 0.1) is 0 Å². The molecule has 66 valence electrons. The maximum atomic E-state index is 4.07. The van der Waals surface area contributed by atoms with E-state index in [1.165, 1.54) is 5.70 Å². The zero-order valence-corrected chi connectivity index (χ0v) is 8.73. The van der Waals surface area contributed by atoms with Gasteiger partial charge in [-0.1, -0.05) is 34.3 Å². The average Bonchev–Trinajstić information content (AvgIpc) is 1.85. The highest BCUT2D eigenvalue weighted by Gasteiger charge is 2.26. The smallest absolute Gasteiger partial charge is 0.0114 e. The molecule has 0 spiro atoms. The molecular weight excluding hydrogens is 134 g/mol. The van der Waals surface area contributed by atoms with Gasteiger partial charge in [0.1, 0.15) is 0 Å². The number of hydrogen-bond donors (Lipinski definition) is 0. The largest absolute Gasteiger partial charge is 0.381 e. The molecule has 0 aromatic rings. The Morgan fingerprint density at radius 2 is 1.64 bits per heavy atom. The number of nitrogens with zero attached hydrogens (tertiary/aromatic N) is 1. The summed E-state index contributed by atoms with van der Waals surface area (Å²) in [4.78, 5) is 2.10. The second kappa shape index (κ2) is 3.29. The van der Waals surface area contributed by atoms with Crippen molar-refractivity contribution in [3.63, 3.8) is 0 Å². The Bertz CT molecular complexity index is 143. The van der Waals surface area contributed by atoms with E-state index in [2.05, 4.69) is 39.2 Å². The standard InChI is InChI=1S/C10H21N/c1-8(2)10(4,5)9(3)11(6)7/h8H,3H2,1-2,4-7H3. The van der Waals surface area contributed by atoms with E-state index in [0.29, 0.717) is 5.92 Å². The van der Waals surface area contributed by atoms with Crippen LogP contribution in [0.2, 0.25) is 0 Å². The van der Waals surface area contributed by atoms with E-state index in [-0.39, 0.29) is 5.41 Å². The normalized spacial score (nSPS) is 11.9. The van der Waals surface area contributed by atoms with E-state index in [1.807, 2.05) is 14.1 Å². The van der Waals surface area contributed by atoms with Crippen LogP contribution in [0.4, 0.5) is 0 Å². The van der Waals surface area contributed by atoms with Gasteiger partial charge < -0.3 is 4.90 Å². The number of rotatable bonds is 3. The Morgan fingerprint density at radius 3 is 1.73 bits per heavy atom. The summed E-state index contributed by atoms with van der Waals surface area (Å²) in [5.74, 6) is 0.636. The Morgan fingerprint density at radius 1 is 1.27 bits per heavy atom. The molecule has 11 heavy (non-hydrogen) atoms. The summed E-state index contributed by atoms with van der Waals surface area (Å²) in [5.41, 5.74) is 1.41.